The van der Waals surface area contributed by atoms with Crippen molar-refractivity contribution in [1.82, 2.24) is 0 Å². The molecule has 0 aliphatic heterocycles. The Hall–Kier alpha value is 0.770. The van der Waals surface area contributed by atoms with Crippen LogP contribution in [0.15, 0.2) is 0 Å². The van der Waals surface area contributed by atoms with Gasteiger partial charge in [0.25, 0.3) is 0 Å². The smallest absolute Gasteiger partial charge is 0.200 e. The van der Waals surface area contributed by atoms with E-state index in [1.165, 1.54) is 0 Å². The Morgan fingerprint density at radius 1 is 0.706 bits per heavy atom. The summed E-state index contributed by atoms with van der Waals surface area (Å²) in [4.78, 5) is 9.73. The fraction of sp³-hybridized carbons (Fsp3) is 1.00. The minimum Gasteiger partial charge on any atom is -0.344 e. The Morgan fingerprint density at radius 2 is 1.06 bits per heavy atom. The molecule has 0 fully saturated rings. The highest BCUT2D eigenvalue weighted by Gasteiger charge is 2.16. The fourth-order valence-electron chi connectivity index (χ4n) is 1.73. The molecule has 0 saturated carbocycles. The number of hydrogen-bond acceptors (Lipinski definition) is 1. The first-order valence-electron chi connectivity index (χ1n) is 6.55. The van der Waals surface area contributed by atoms with Gasteiger partial charge in [-0.2, -0.15) is 0 Å². The predicted molar refractivity (Wildman–Crippen MR) is 77.9 cm³/mol. The van der Waals surface area contributed by atoms with Crippen molar-refractivity contribution in [2.45, 2.75) is 51.4 Å². The van der Waals surface area contributed by atoms with Crippen LogP contribution in [0.5, 0.6) is 0 Å². The van der Waals surface area contributed by atoms with Gasteiger partial charge in [0.05, 0.1) is 0 Å². The highest BCUT2D eigenvalue weighted by molar-refractivity contribution is 7.57. The van der Waals surface area contributed by atoms with Gasteiger partial charge in [0.2, 0.25) is 7.37 Å². The van der Waals surface area contributed by atoms with Gasteiger partial charge in [-0.05, 0) is 25.7 Å². The van der Waals surface area contributed by atoms with E-state index in [-0.39, 0.29) is 0 Å². The topological polar surface area (TPSA) is 37.3 Å². The molecular formula is C12H25Cl2O2P. The number of halogens is 2. The van der Waals surface area contributed by atoms with Crippen LogP contribution in [0.25, 0.3) is 0 Å². The zero-order valence-electron chi connectivity index (χ0n) is 10.5. The quantitative estimate of drug-likeness (QED) is 0.318. The maximum atomic E-state index is 11.8. The van der Waals surface area contributed by atoms with Gasteiger partial charge in [-0.1, -0.05) is 25.7 Å². The van der Waals surface area contributed by atoms with E-state index in [1.54, 1.807) is 0 Å². The third-order valence-corrected chi connectivity index (χ3v) is 5.35. The molecule has 0 unspecified atom stereocenters. The summed E-state index contributed by atoms with van der Waals surface area (Å²) < 4.78 is 11.8. The maximum absolute atomic E-state index is 11.8. The zero-order valence-corrected chi connectivity index (χ0v) is 13.0. The van der Waals surface area contributed by atoms with Crippen LogP contribution in [0.2, 0.25) is 0 Å². The summed E-state index contributed by atoms with van der Waals surface area (Å²) in [5, 5.41) is 0. The predicted octanol–water partition coefficient (Wildman–Crippen LogP) is 4.86. The first kappa shape index (κ1) is 17.8. The summed E-state index contributed by atoms with van der Waals surface area (Å²) in [6, 6.07) is 0. The molecule has 17 heavy (non-hydrogen) atoms. The molecule has 1 N–H and O–H groups in total. The molecule has 0 atom stereocenters. The van der Waals surface area contributed by atoms with Gasteiger partial charge < -0.3 is 4.89 Å². The third kappa shape index (κ3) is 13.0. The lowest BCUT2D eigenvalue weighted by Crippen LogP contribution is -1.96. The molecule has 0 aliphatic carbocycles. The Labute approximate surface area is 116 Å². The van der Waals surface area contributed by atoms with Crippen LogP contribution in [0, 0.1) is 0 Å². The molecule has 104 valence electrons. The first-order valence-corrected chi connectivity index (χ1v) is 9.65. The Balaban J connectivity index is 3.42. The van der Waals surface area contributed by atoms with Gasteiger partial charge in [0.1, 0.15) is 0 Å². The van der Waals surface area contributed by atoms with Crippen molar-refractivity contribution in [2.24, 2.45) is 0 Å². The maximum Gasteiger partial charge on any atom is 0.200 e. The molecule has 0 aromatic rings. The molecule has 0 aromatic carbocycles. The van der Waals surface area contributed by atoms with Gasteiger partial charge in [0, 0.05) is 24.1 Å². The van der Waals surface area contributed by atoms with Crippen molar-refractivity contribution in [3.63, 3.8) is 0 Å². The van der Waals surface area contributed by atoms with Crippen LogP contribution >= 0.6 is 30.6 Å². The number of alkyl halides is 2. The molecule has 0 heterocycles. The summed E-state index contributed by atoms with van der Waals surface area (Å²) in [6.45, 7) is 0. The molecule has 0 aromatic heterocycles. The monoisotopic (exact) mass is 302 g/mol. The summed E-state index contributed by atoms with van der Waals surface area (Å²) >= 11 is 11.1. The average Bonchev–Trinajstić information content (AvgIpc) is 2.28. The molecule has 0 spiro atoms. The van der Waals surface area contributed by atoms with E-state index in [4.69, 9.17) is 23.2 Å². The van der Waals surface area contributed by atoms with Crippen molar-refractivity contribution in [2.75, 3.05) is 24.1 Å². The number of rotatable bonds is 12. The fourth-order valence-corrected chi connectivity index (χ4v) is 3.76. The molecule has 2 nitrogen and oxygen atoms in total. The lowest BCUT2D eigenvalue weighted by Gasteiger charge is -2.11. The van der Waals surface area contributed by atoms with Crippen molar-refractivity contribution < 1.29 is 9.46 Å². The summed E-state index contributed by atoms with van der Waals surface area (Å²) in [6.07, 6.45) is 8.85. The summed E-state index contributed by atoms with van der Waals surface area (Å²) in [5.74, 6) is 1.38. The minimum atomic E-state index is -2.86. The highest BCUT2D eigenvalue weighted by atomic mass is 35.5. The van der Waals surface area contributed by atoms with E-state index in [9.17, 15) is 9.46 Å². The second-order valence-electron chi connectivity index (χ2n) is 4.50. The zero-order chi connectivity index (χ0) is 13.0. The van der Waals surface area contributed by atoms with Gasteiger partial charge in [0.15, 0.2) is 0 Å². The lowest BCUT2D eigenvalue weighted by atomic mass is 10.2. The lowest BCUT2D eigenvalue weighted by molar-refractivity contribution is 0.470. The van der Waals surface area contributed by atoms with Crippen molar-refractivity contribution in [3.8, 4) is 0 Å². The van der Waals surface area contributed by atoms with E-state index in [0.717, 1.165) is 51.4 Å². The van der Waals surface area contributed by atoms with E-state index in [1.807, 2.05) is 0 Å². The first-order chi connectivity index (χ1) is 8.12. The van der Waals surface area contributed by atoms with E-state index in [0.29, 0.717) is 24.1 Å². The normalized spacial score (nSPS) is 11.9. The third-order valence-electron chi connectivity index (χ3n) is 2.78. The molecular weight excluding hydrogens is 278 g/mol. The standard InChI is InChI=1S/C12H25Cl2O2P/c13-9-5-1-3-7-11-17(15,16)12-8-4-2-6-10-14/h1-12H2,(H,15,16). The van der Waals surface area contributed by atoms with Crippen LogP contribution in [0.3, 0.4) is 0 Å². The van der Waals surface area contributed by atoms with Gasteiger partial charge >= 0.3 is 0 Å². The van der Waals surface area contributed by atoms with Crippen LogP contribution in [-0.2, 0) is 4.57 Å². The van der Waals surface area contributed by atoms with Gasteiger partial charge in [-0.25, -0.2) is 0 Å². The largest absolute Gasteiger partial charge is 0.344 e. The van der Waals surface area contributed by atoms with E-state index in [2.05, 4.69) is 0 Å². The molecule has 0 radical (unpaired) electrons. The molecule has 0 saturated heterocycles. The van der Waals surface area contributed by atoms with E-state index < -0.39 is 7.37 Å². The molecule has 0 bridgehead atoms. The second-order valence-corrected chi connectivity index (χ2v) is 7.84. The summed E-state index contributed by atoms with van der Waals surface area (Å²) in [5.41, 5.74) is 0. The van der Waals surface area contributed by atoms with Crippen molar-refractivity contribution in [3.05, 3.63) is 0 Å². The van der Waals surface area contributed by atoms with Crippen LogP contribution in [-0.4, -0.2) is 29.0 Å². The molecule has 0 amide bonds. The van der Waals surface area contributed by atoms with Crippen LogP contribution < -0.4 is 0 Å². The summed E-state index contributed by atoms with van der Waals surface area (Å²) in [7, 11) is -2.86. The molecule has 0 aliphatic rings. The van der Waals surface area contributed by atoms with Gasteiger partial charge in [-0.3, -0.25) is 4.57 Å². The Morgan fingerprint density at radius 3 is 1.41 bits per heavy atom. The van der Waals surface area contributed by atoms with Crippen LogP contribution in [0.1, 0.15) is 51.4 Å². The van der Waals surface area contributed by atoms with Crippen LogP contribution in [0.4, 0.5) is 0 Å². The SMILES string of the molecule is O=P(O)(CCCCCCCl)CCCCCCCl. The Kier molecular flexibility index (Phi) is 12.4. The van der Waals surface area contributed by atoms with Crippen molar-refractivity contribution in [1.29, 1.82) is 0 Å². The van der Waals surface area contributed by atoms with E-state index >= 15 is 0 Å². The second kappa shape index (κ2) is 11.8. The molecule has 0 rings (SSSR count). The highest BCUT2D eigenvalue weighted by Crippen LogP contribution is 2.42. The number of unbranched alkanes of at least 4 members (excludes halogenated alkanes) is 6. The average molecular weight is 303 g/mol. The molecule has 5 heteroatoms. The van der Waals surface area contributed by atoms with Gasteiger partial charge in [-0.15, -0.1) is 23.2 Å². The van der Waals surface area contributed by atoms with Crippen molar-refractivity contribution >= 4 is 30.6 Å². The minimum absolute atomic E-state index is 0.477. The number of hydrogen-bond donors (Lipinski definition) is 1. The Bertz CT molecular complexity index is 195.